The molecule has 0 spiro atoms. The largest absolute Gasteiger partial charge is 0.433 e. The normalized spacial score (nSPS) is 12.2. The summed E-state index contributed by atoms with van der Waals surface area (Å²) in [7, 11) is 0. The van der Waals surface area contributed by atoms with Gasteiger partial charge in [-0.25, -0.2) is 0 Å². The van der Waals surface area contributed by atoms with Gasteiger partial charge in [-0.3, -0.25) is 0 Å². The SMILES string of the molecule is NC(=N\O)/C(=N\Nc1ccccc1)[N+](=O)[O-]. The second kappa shape index (κ2) is 5.29. The molecule has 1 aromatic carbocycles. The fourth-order valence-electron chi connectivity index (χ4n) is 0.867. The molecule has 1 rings (SSSR count). The number of nitro groups is 1. The molecule has 0 amide bonds. The van der Waals surface area contributed by atoms with Gasteiger partial charge in [0.25, 0.3) is 5.84 Å². The lowest BCUT2D eigenvalue weighted by Gasteiger charge is -1.96. The second-order valence-electron chi connectivity index (χ2n) is 2.66. The number of oxime groups is 1. The number of hydrogen-bond donors (Lipinski definition) is 3. The molecule has 1 aromatic rings. The van der Waals surface area contributed by atoms with Crippen LogP contribution >= 0.6 is 0 Å². The topological polar surface area (TPSA) is 126 Å². The number of amidine groups is 2. The van der Waals surface area contributed by atoms with Crippen molar-refractivity contribution in [2.45, 2.75) is 0 Å². The Morgan fingerprint density at radius 3 is 2.56 bits per heavy atom. The summed E-state index contributed by atoms with van der Waals surface area (Å²) in [6.45, 7) is 0. The van der Waals surface area contributed by atoms with Gasteiger partial charge in [-0.1, -0.05) is 23.4 Å². The third-order valence-corrected chi connectivity index (χ3v) is 1.57. The zero-order valence-corrected chi connectivity index (χ0v) is 8.07. The average molecular weight is 223 g/mol. The number of benzene rings is 1. The van der Waals surface area contributed by atoms with E-state index in [2.05, 4.69) is 15.7 Å². The molecule has 0 radical (unpaired) electrons. The van der Waals surface area contributed by atoms with Crippen LogP contribution in [0.2, 0.25) is 0 Å². The quantitative estimate of drug-likeness (QED) is 0.220. The van der Waals surface area contributed by atoms with Crippen LogP contribution in [-0.4, -0.2) is 21.8 Å². The molecule has 0 saturated heterocycles. The first-order chi connectivity index (χ1) is 7.65. The van der Waals surface area contributed by atoms with Crippen molar-refractivity contribution in [1.82, 2.24) is 0 Å². The molecular weight excluding hydrogens is 214 g/mol. The monoisotopic (exact) mass is 223 g/mol. The highest BCUT2D eigenvalue weighted by Crippen LogP contribution is 2.04. The minimum absolute atomic E-state index is 0.549. The van der Waals surface area contributed by atoms with Gasteiger partial charge in [0.1, 0.15) is 0 Å². The van der Waals surface area contributed by atoms with Gasteiger partial charge >= 0.3 is 5.84 Å². The molecular formula is C8H9N5O3. The van der Waals surface area contributed by atoms with E-state index >= 15 is 0 Å². The first-order valence-corrected chi connectivity index (χ1v) is 4.16. The van der Waals surface area contributed by atoms with E-state index < -0.39 is 16.6 Å². The number of rotatable bonds is 2. The van der Waals surface area contributed by atoms with Crippen molar-refractivity contribution in [3.63, 3.8) is 0 Å². The number of nitrogens with one attached hydrogen (secondary N) is 1. The molecule has 0 unspecified atom stereocenters. The van der Waals surface area contributed by atoms with Crippen molar-refractivity contribution in [3.8, 4) is 0 Å². The number of para-hydroxylation sites is 1. The van der Waals surface area contributed by atoms with Crippen LogP contribution in [0.4, 0.5) is 5.69 Å². The summed E-state index contributed by atoms with van der Waals surface area (Å²) in [5.41, 5.74) is 8.03. The summed E-state index contributed by atoms with van der Waals surface area (Å²) in [6.07, 6.45) is 0. The van der Waals surface area contributed by atoms with Gasteiger partial charge in [0, 0.05) is 0 Å². The number of nitrogens with zero attached hydrogens (tertiary/aromatic N) is 3. The Balaban J connectivity index is 2.85. The van der Waals surface area contributed by atoms with Gasteiger partial charge < -0.3 is 21.1 Å². The zero-order chi connectivity index (χ0) is 12.0. The van der Waals surface area contributed by atoms with Crippen LogP contribution in [0, 0.1) is 10.1 Å². The van der Waals surface area contributed by atoms with Gasteiger partial charge in [-0.2, -0.15) is 5.43 Å². The van der Waals surface area contributed by atoms with Crippen LogP contribution in [0.3, 0.4) is 0 Å². The Bertz CT molecular complexity index is 429. The summed E-state index contributed by atoms with van der Waals surface area (Å²) in [4.78, 5) is 9.63. The standard InChI is InChI=1S/C8H9N5O3/c9-7(12-14)8(13(15)16)11-10-6-4-2-1-3-5-6/h1-5,10,14H,(H2,9,12)/b11-8+. The lowest BCUT2D eigenvalue weighted by atomic mass is 10.3. The van der Waals surface area contributed by atoms with E-state index in [-0.39, 0.29) is 0 Å². The van der Waals surface area contributed by atoms with E-state index in [0.717, 1.165) is 0 Å². The van der Waals surface area contributed by atoms with Crippen LogP contribution in [0.25, 0.3) is 0 Å². The Kier molecular flexibility index (Phi) is 3.78. The fraction of sp³-hybridized carbons (Fsp3) is 0. The van der Waals surface area contributed by atoms with Gasteiger partial charge in [0.2, 0.25) is 0 Å². The van der Waals surface area contributed by atoms with E-state index in [0.29, 0.717) is 5.69 Å². The van der Waals surface area contributed by atoms with Crippen LogP contribution in [0.1, 0.15) is 0 Å². The summed E-state index contributed by atoms with van der Waals surface area (Å²) >= 11 is 0. The highest BCUT2D eigenvalue weighted by atomic mass is 16.6. The third-order valence-electron chi connectivity index (χ3n) is 1.57. The predicted molar refractivity (Wildman–Crippen MR) is 57.9 cm³/mol. The maximum Gasteiger partial charge on any atom is 0.433 e. The summed E-state index contributed by atoms with van der Waals surface area (Å²) in [5.74, 6) is -1.43. The molecule has 0 saturated carbocycles. The molecule has 0 aromatic heterocycles. The van der Waals surface area contributed by atoms with Crippen molar-refractivity contribution < 1.29 is 10.1 Å². The smallest absolute Gasteiger partial charge is 0.409 e. The zero-order valence-electron chi connectivity index (χ0n) is 8.07. The summed E-state index contributed by atoms with van der Waals surface area (Å²) < 4.78 is 0. The molecule has 4 N–H and O–H groups in total. The molecule has 8 nitrogen and oxygen atoms in total. The second-order valence-corrected chi connectivity index (χ2v) is 2.66. The minimum Gasteiger partial charge on any atom is -0.409 e. The van der Waals surface area contributed by atoms with Crippen LogP contribution in [0.15, 0.2) is 40.6 Å². The third kappa shape index (κ3) is 2.94. The first-order valence-electron chi connectivity index (χ1n) is 4.16. The number of hydrazone groups is 1. The molecule has 0 aliphatic rings. The van der Waals surface area contributed by atoms with Crippen molar-refractivity contribution in [1.29, 1.82) is 0 Å². The Morgan fingerprint density at radius 2 is 2.06 bits per heavy atom. The molecule has 0 atom stereocenters. The molecule has 0 heterocycles. The fourth-order valence-corrected chi connectivity index (χ4v) is 0.867. The van der Waals surface area contributed by atoms with Crippen molar-refractivity contribution in [2.75, 3.05) is 5.43 Å². The molecule has 8 heteroatoms. The van der Waals surface area contributed by atoms with Crippen LogP contribution < -0.4 is 11.2 Å². The van der Waals surface area contributed by atoms with E-state index in [1.54, 1.807) is 30.3 Å². The van der Waals surface area contributed by atoms with Crippen LogP contribution in [0.5, 0.6) is 0 Å². The summed E-state index contributed by atoms with van der Waals surface area (Å²) in [6, 6.07) is 8.56. The Hall–Kier alpha value is -2.64. The van der Waals surface area contributed by atoms with Gasteiger partial charge in [0.15, 0.2) is 0 Å². The lowest BCUT2D eigenvalue weighted by Crippen LogP contribution is -2.31. The number of anilines is 1. The van der Waals surface area contributed by atoms with E-state index in [4.69, 9.17) is 10.9 Å². The molecule has 0 fully saturated rings. The van der Waals surface area contributed by atoms with E-state index in [1.165, 1.54) is 0 Å². The van der Waals surface area contributed by atoms with Crippen molar-refractivity contribution in [2.24, 2.45) is 16.0 Å². The summed E-state index contributed by atoms with van der Waals surface area (Å²) in [5, 5.41) is 24.7. The first kappa shape index (κ1) is 11.4. The minimum atomic E-state index is -0.856. The lowest BCUT2D eigenvalue weighted by molar-refractivity contribution is -0.346. The van der Waals surface area contributed by atoms with Gasteiger partial charge in [-0.05, 0) is 17.1 Å². The maximum absolute atomic E-state index is 10.5. The molecule has 0 aliphatic heterocycles. The average Bonchev–Trinajstić information content (AvgIpc) is 2.30. The molecule has 0 aliphatic carbocycles. The maximum atomic E-state index is 10.5. The van der Waals surface area contributed by atoms with Gasteiger partial charge in [-0.15, -0.1) is 0 Å². The van der Waals surface area contributed by atoms with Crippen LogP contribution in [-0.2, 0) is 0 Å². The number of nitrogens with two attached hydrogens (primary N) is 1. The Labute approximate surface area is 90.2 Å². The highest BCUT2D eigenvalue weighted by molar-refractivity contribution is 6.36. The van der Waals surface area contributed by atoms with E-state index in [9.17, 15) is 10.1 Å². The van der Waals surface area contributed by atoms with Gasteiger partial charge in [0.05, 0.1) is 10.8 Å². The highest BCUT2D eigenvalue weighted by Gasteiger charge is 2.19. The molecule has 16 heavy (non-hydrogen) atoms. The molecule has 0 bridgehead atoms. The Morgan fingerprint density at radius 1 is 1.44 bits per heavy atom. The van der Waals surface area contributed by atoms with E-state index in [1.807, 2.05) is 0 Å². The van der Waals surface area contributed by atoms with Crippen molar-refractivity contribution in [3.05, 3.63) is 40.4 Å². The molecule has 84 valence electrons. The predicted octanol–water partition coefficient (Wildman–Crippen LogP) is 0.435. The number of hydrogen-bond acceptors (Lipinski definition) is 6. The van der Waals surface area contributed by atoms with Crippen molar-refractivity contribution >= 4 is 17.4 Å².